The number of aromatic nitrogens is 1. The third-order valence-electron chi connectivity index (χ3n) is 4.08. The molecule has 2 radical (unpaired) electrons. The van der Waals surface area contributed by atoms with Crippen LogP contribution in [0.3, 0.4) is 0 Å². The fourth-order valence-electron chi connectivity index (χ4n) is 3.11. The monoisotopic (exact) mass is 224 g/mol. The first-order valence-corrected chi connectivity index (χ1v) is 6.13. The Morgan fingerprint density at radius 1 is 1.35 bits per heavy atom. The molecule has 2 heterocycles. The van der Waals surface area contributed by atoms with Gasteiger partial charge in [0.15, 0.2) is 0 Å². The first kappa shape index (κ1) is 10.9. The lowest BCUT2D eigenvalue weighted by Gasteiger charge is -2.35. The summed E-state index contributed by atoms with van der Waals surface area (Å²) in [7, 11) is 10.4. The number of rotatable bonds is 1. The Labute approximate surface area is 104 Å². The molecule has 86 valence electrons. The Morgan fingerprint density at radius 3 is 2.82 bits per heavy atom. The fourth-order valence-corrected chi connectivity index (χ4v) is 3.11. The van der Waals surface area contributed by atoms with Crippen molar-refractivity contribution in [1.82, 2.24) is 9.47 Å². The molecule has 1 aliphatic rings. The molecular formula is C14H17BN2. The van der Waals surface area contributed by atoms with E-state index in [1.165, 1.54) is 16.5 Å². The summed E-state index contributed by atoms with van der Waals surface area (Å²) >= 11 is 0. The van der Waals surface area contributed by atoms with Crippen molar-refractivity contribution in [3.8, 4) is 0 Å². The van der Waals surface area contributed by atoms with Gasteiger partial charge in [-0.2, -0.15) is 0 Å². The number of hydrogen-bond acceptors (Lipinski definition) is 1. The highest BCUT2D eigenvalue weighted by Crippen LogP contribution is 2.34. The number of benzene rings is 1. The van der Waals surface area contributed by atoms with Gasteiger partial charge in [0.2, 0.25) is 0 Å². The van der Waals surface area contributed by atoms with Crippen molar-refractivity contribution in [2.45, 2.75) is 25.4 Å². The van der Waals surface area contributed by atoms with Gasteiger partial charge in [-0.15, -0.1) is 0 Å². The quantitative estimate of drug-likeness (QED) is 0.666. The SMILES string of the molecule is [B]c1cn2c3c(cccc13)C(C)C(N(C)C)C2. The highest BCUT2D eigenvalue weighted by molar-refractivity contribution is 6.39. The van der Waals surface area contributed by atoms with Crippen LogP contribution in [0.5, 0.6) is 0 Å². The molecule has 2 aromatic rings. The van der Waals surface area contributed by atoms with Crippen LogP contribution in [-0.2, 0) is 6.54 Å². The van der Waals surface area contributed by atoms with Gasteiger partial charge in [0, 0.05) is 18.5 Å². The average molecular weight is 224 g/mol. The van der Waals surface area contributed by atoms with Gasteiger partial charge < -0.3 is 9.47 Å². The molecule has 0 spiro atoms. The summed E-state index contributed by atoms with van der Waals surface area (Å²) in [5, 5.41) is 1.20. The lowest BCUT2D eigenvalue weighted by atomic mass is 9.87. The molecule has 0 bridgehead atoms. The number of para-hydroxylation sites is 1. The molecule has 2 atom stereocenters. The first-order chi connectivity index (χ1) is 8.09. The van der Waals surface area contributed by atoms with Crippen LogP contribution in [0.1, 0.15) is 18.4 Å². The minimum atomic E-state index is 0.542. The molecule has 0 saturated heterocycles. The van der Waals surface area contributed by atoms with E-state index in [4.69, 9.17) is 7.85 Å². The third-order valence-corrected chi connectivity index (χ3v) is 4.08. The van der Waals surface area contributed by atoms with E-state index in [1.54, 1.807) is 0 Å². The average Bonchev–Trinajstić information content (AvgIpc) is 2.62. The van der Waals surface area contributed by atoms with Crippen LogP contribution in [0, 0.1) is 0 Å². The molecule has 17 heavy (non-hydrogen) atoms. The first-order valence-electron chi connectivity index (χ1n) is 6.13. The summed E-state index contributed by atoms with van der Waals surface area (Å²) in [5.74, 6) is 0.551. The number of hydrogen-bond donors (Lipinski definition) is 0. The minimum absolute atomic E-state index is 0.542. The Hall–Kier alpha value is -1.22. The van der Waals surface area contributed by atoms with Crippen molar-refractivity contribution < 1.29 is 0 Å². The van der Waals surface area contributed by atoms with E-state index in [1.807, 2.05) is 0 Å². The van der Waals surface area contributed by atoms with Gasteiger partial charge in [-0.3, -0.25) is 0 Å². The standard InChI is InChI=1S/C14H17BN2/c1-9-10-5-4-6-11-12(15)7-17(14(10)11)8-13(9)16(2)3/h4-7,9,13H,8H2,1-3H3. The molecule has 2 unspecified atom stereocenters. The molecule has 1 aliphatic heterocycles. The van der Waals surface area contributed by atoms with E-state index < -0.39 is 0 Å². The van der Waals surface area contributed by atoms with Crippen LogP contribution in [-0.4, -0.2) is 37.5 Å². The zero-order valence-electron chi connectivity index (χ0n) is 10.6. The van der Waals surface area contributed by atoms with Crippen LogP contribution in [0.15, 0.2) is 24.4 Å². The summed E-state index contributed by atoms with van der Waals surface area (Å²) < 4.78 is 2.31. The van der Waals surface area contributed by atoms with E-state index in [-0.39, 0.29) is 0 Å². The number of nitrogens with zero attached hydrogens (tertiary/aromatic N) is 2. The maximum absolute atomic E-state index is 6.08. The summed E-state index contributed by atoms with van der Waals surface area (Å²) in [4.78, 5) is 2.31. The smallest absolute Gasteiger partial charge is 0.116 e. The van der Waals surface area contributed by atoms with Crippen molar-refractivity contribution in [2.75, 3.05) is 14.1 Å². The van der Waals surface area contributed by atoms with Crippen molar-refractivity contribution in [3.63, 3.8) is 0 Å². The van der Waals surface area contributed by atoms with E-state index in [9.17, 15) is 0 Å². The van der Waals surface area contributed by atoms with Crippen molar-refractivity contribution in [3.05, 3.63) is 30.0 Å². The Morgan fingerprint density at radius 2 is 2.12 bits per heavy atom. The Balaban J connectivity index is 2.26. The molecule has 3 rings (SSSR count). The van der Waals surface area contributed by atoms with Crippen LogP contribution >= 0.6 is 0 Å². The van der Waals surface area contributed by atoms with Crippen LogP contribution in [0.2, 0.25) is 0 Å². The molecule has 2 nitrogen and oxygen atoms in total. The van der Waals surface area contributed by atoms with E-state index in [0.717, 1.165) is 12.0 Å². The third kappa shape index (κ3) is 1.45. The van der Waals surface area contributed by atoms with Crippen LogP contribution in [0.4, 0.5) is 0 Å². The summed E-state index contributed by atoms with van der Waals surface area (Å²) in [6.07, 6.45) is 2.08. The summed E-state index contributed by atoms with van der Waals surface area (Å²) in [6.45, 7) is 3.34. The molecule has 0 aliphatic carbocycles. The lowest BCUT2D eigenvalue weighted by molar-refractivity contribution is 0.229. The lowest BCUT2D eigenvalue weighted by Crippen LogP contribution is -2.39. The van der Waals surface area contributed by atoms with E-state index in [0.29, 0.717) is 12.0 Å². The van der Waals surface area contributed by atoms with Gasteiger partial charge >= 0.3 is 0 Å². The van der Waals surface area contributed by atoms with Gasteiger partial charge in [-0.05, 0) is 31.2 Å². The maximum atomic E-state index is 6.08. The molecule has 1 aromatic heterocycles. The van der Waals surface area contributed by atoms with Gasteiger partial charge in [-0.1, -0.05) is 30.6 Å². The van der Waals surface area contributed by atoms with Crippen LogP contribution < -0.4 is 5.46 Å². The molecular weight excluding hydrogens is 207 g/mol. The second-order valence-electron chi connectivity index (χ2n) is 5.30. The topological polar surface area (TPSA) is 8.17 Å². The molecule has 3 heteroatoms. The maximum Gasteiger partial charge on any atom is 0.116 e. The van der Waals surface area contributed by atoms with Gasteiger partial charge in [-0.25, -0.2) is 0 Å². The van der Waals surface area contributed by atoms with Gasteiger partial charge in [0.05, 0.1) is 5.52 Å². The molecule has 0 saturated carbocycles. The predicted octanol–water partition coefficient (Wildman–Crippen LogP) is 1.48. The molecule has 0 N–H and O–H groups in total. The second kappa shape index (κ2) is 3.64. The van der Waals surface area contributed by atoms with Crippen molar-refractivity contribution >= 4 is 24.2 Å². The van der Waals surface area contributed by atoms with Crippen molar-refractivity contribution in [1.29, 1.82) is 0 Å². The summed E-state index contributed by atoms with van der Waals surface area (Å²) in [5.41, 5.74) is 3.65. The van der Waals surface area contributed by atoms with Crippen molar-refractivity contribution in [2.24, 2.45) is 0 Å². The number of likely N-dealkylation sites (N-methyl/N-ethyl adjacent to an activating group) is 1. The predicted molar refractivity (Wildman–Crippen MR) is 73.2 cm³/mol. The largest absolute Gasteiger partial charge is 0.346 e. The Kier molecular flexibility index (Phi) is 2.34. The van der Waals surface area contributed by atoms with Gasteiger partial charge in [0.25, 0.3) is 0 Å². The normalized spacial score (nSPS) is 23.5. The minimum Gasteiger partial charge on any atom is -0.346 e. The molecule has 0 fully saturated rings. The second-order valence-corrected chi connectivity index (χ2v) is 5.30. The van der Waals surface area contributed by atoms with Gasteiger partial charge in [0.1, 0.15) is 7.85 Å². The van der Waals surface area contributed by atoms with E-state index >= 15 is 0 Å². The zero-order valence-corrected chi connectivity index (χ0v) is 10.6. The molecule has 0 amide bonds. The molecule has 1 aromatic carbocycles. The zero-order chi connectivity index (χ0) is 12.2. The van der Waals surface area contributed by atoms with Crippen LogP contribution in [0.25, 0.3) is 10.9 Å². The highest BCUT2D eigenvalue weighted by Gasteiger charge is 2.29. The Bertz CT molecular complexity index is 571. The van der Waals surface area contributed by atoms with E-state index in [2.05, 4.69) is 54.9 Å². The highest BCUT2D eigenvalue weighted by atomic mass is 15.1. The summed E-state index contributed by atoms with van der Waals surface area (Å²) in [6, 6.07) is 7.01. The fraction of sp³-hybridized carbons (Fsp3) is 0.429.